The fraction of sp³-hybridized carbons (Fsp3) is 0.500. The van der Waals surface area contributed by atoms with E-state index in [2.05, 4.69) is 22.1 Å². The van der Waals surface area contributed by atoms with Crippen LogP contribution < -0.4 is 11.1 Å². The van der Waals surface area contributed by atoms with Gasteiger partial charge in [0.2, 0.25) is 0 Å². The quantitative estimate of drug-likeness (QED) is 0.751. The van der Waals surface area contributed by atoms with Crippen molar-refractivity contribution >= 4 is 11.5 Å². The summed E-state index contributed by atoms with van der Waals surface area (Å²) in [4.78, 5) is 6.30. The van der Waals surface area contributed by atoms with E-state index >= 15 is 0 Å². The van der Waals surface area contributed by atoms with Crippen molar-refractivity contribution in [1.82, 2.24) is 9.88 Å². The third-order valence-corrected chi connectivity index (χ3v) is 2.29. The van der Waals surface area contributed by atoms with E-state index in [9.17, 15) is 0 Å². The van der Waals surface area contributed by atoms with Crippen molar-refractivity contribution in [3.63, 3.8) is 0 Å². The molecular formula is C10H18N4. The van der Waals surface area contributed by atoms with E-state index < -0.39 is 0 Å². The molecular weight excluding hydrogens is 176 g/mol. The van der Waals surface area contributed by atoms with Crippen molar-refractivity contribution < 1.29 is 0 Å². The first-order valence-electron chi connectivity index (χ1n) is 4.72. The Balaban J connectivity index is 2.50. The van der Waals surface area contributed by atoms with Crippen molar-refractivity contribution in [3.8, 4) is 0 Å². The molecule has 0 aliphatic rings. The van der Waals surface area contributed by atoms with Crippen molar-refractivity contribution in [1.29, 1.82) is 0 Å². The highest BCUT2D eigenvalue weighted by Crippen LogP contribution is 2.12. The molecule has 0 aromatic carbocycles. The van der Waals surface area contributed by atoms with E-state index in [1.807, 2.05) is 26.2 Å². The monoisotopic (exact) mass is 194 g/mol. The third kappa shape index (κ3) is 2.88. The minimum atomic E-state index is 0.455. The van der Waals surface area contributed by atoms with Gasteiger partial charge in [-0.3, -0.25) is 0 Å². The summed E-state index contributed by atoms with van der Waals surface area (Å²) in [5.41, 5.74) is 6.44. The Bertz CT molecular complexity index is 285. The van der Waals surface area contributed by atoms with E-state index in [1.54, 1.807) is 6.20 Å². The van der Waals surface area contributed by atoms with Crippen LogP contribution in [0.25, 0.3) is 0 Å². The van der Waals surface area contributed by atoms with Gasteiger partial charge < -0.3 is 16.0 Å². The first-order chi connectivity index (χ1) is 6.61. The molecule has 4 heteroatoms. The molecule has 0 aliphatic heterocycles. The Hall–Kier alpha value is -1.29. The van der Waals surface area contributed by atoms with E-state index in [0.717, 1.165) is 12.4 Å². The van der Waals surface area contributed by atoms with Crippen LogP contribution in [0, 0.1) is 0 Å². The van der Waals surface area contributed by atoms with Crippen molar-refractivity contribution in [2.24, 2.45) is 0 Å². The van der Waals surface area contributed by atoms with Gasteiger partial charge in [-0.1, -0.05) is 0 Å². The van der Waals surface area contributed by atoms with Crippen LogP contribution in [0.1, 0.15) is 6.92 Å². The SMILES string of the molecule is CC(CNc1ncccc1N)N(C)C. The van der Waals surface area contributed by atoms with Crippen LogP contribution in [-0.2, 0) is 0 Å². The van der Waals surface area contributed by atoms with Gasteiger partial charge in [-0.15, -0.1) is 0 Å². The fourth-order valence-corrected chi connectivity index (χ4v) is 0.992. The Morgan fingerprint density at radius 2 is 2.29 bits per heavy atom. The summed E-state index contributed by atoms with van der Waals surface area (Å²) < 4.78 is 0. The standard InChI is InChI=1S/C10H18N4/c1-8(14(2)3)7-13-10-9(11)5-4-6-12-10/h4-6,8H,7,11H2,1-3H3,(H,12,13). The number of pyridine rings is 1. The van der Waals surface area contributed by atoms with Gasteiger partial charge in [-0.2, -0.15) is 0 Å². The molecule has 0 spiro atoms. The predicted octanol–water partition coefficient (Wildman–Crippen LogP) is 1.03. The number of hydrogen-bond acceptors (Lipinski definition) is 4. The van der Waals surface area contributed by atoms with Crippen LogP contribution in [-0.4, -0.2) is 36.6 Å². The van der Waals surface area contributed by atoms with Crippen LogP contribution in [0.15, 0.2) is 18.3 Å². The third-order valence-electron chi connectivity index (χ3n) is 2.29. The molecule has 1 heterocycles. The molecule has 0 fully saturated rings. The average molecular weight is 194 g/mol. The van der Waals surface area contributed by atoms with Crippen LogP contribution in [0.2, 0.25) is 0 Å². The van der Waals surface area contributed by atoms with E-state index in [-0.39, 0.29) is 0 Å². The Morgan fingerprint density at radius 3 is 2.86 bits per heavy atom. The zero-order valence-electron chi connectivity index (χ0n) is 8.99. The van der Waals surface area contributed by atoms with Gasteiger partial charge in [0.1, 0.15) is 5.82 Å². The van der Waals surface area contributed by atoms with Crippen molar-refractivity contribution in [3.05, 3.63) is 18.3 Å². The topological polar surface area (TPSA) is 54.2 Å². The molecule has 78 valence electrons. The van der Waals surface area contributed by atoms with Gasteiger partial charge in [0.15, 0.2) is 0 Å². The highest BCUT2D eigenvalue weighted by molar-refractivity contribution is 5.60. The number of nitrogens with two attached hydrogens (primary N) is 1. The normalized spacial score (nSPS) is 12.9. The number of nitrogen functional groups attached to an aromatic ring is 1. The molecule has 0 bridgehead atoms. The molecule has 3 N–H and O–H groups in total. The molecule has 1 rings (SSSR count). The number of hydrogen-bond donors (Lipinski definition) is 2. The van der Waals surface area contributed by atoms with Crippen LogP contribution in [0.3, 0.4) is 0 Å². The lowest BCUT2D eigenvalue weighted by Gasteiger charge is -2.20. The number of anilines is 2. The summed E-state index contributed by atoms with van der Waals surface area (Å²) in [5, 5.41) is 3.22. The predicted molar refractivity (Wildman–Crippen MR) is 60.3 cm³/mol. The lowest BCUT2D eigenvalue weighted by molar-refractivity contribution is 0.326. The minimum Gasteiger partial charge on any atom is -0.396 e. The van der Waals surface area contributed by atoms with Gasteiger partial charge in [-0.25, -0.2) is 4.98 Å². The maximum atomic E-state index is 5.74. The molecule has 1 aromatic rings. The highest BCUT2D eigenvalue weighted by Gasteiger charge is 2.05. The molecule has 1 atom stereocenters. The zero-order chi connectivity index (χ0) is 10.6. The summed E-state index contributed by atoms with van der Waals surface area (Å²) in [7, 11) is 4.10. The second kappa shape index (κ2) is 4.81. The first-order valence-corrected chi connectivity index (χ1v) is 4.72. The van der Waals surface area contributed by atoms with E-state index in [0.29, 0.717) is 11.7 Å². The number of aromatic nitrogens is 1. The molecule has 0 radical (unpaired) electrons. The Kier molecular flexibility index (Phi) is 3.71. The summed E-state index contributed by atoms with van der Waals surface area (Å²) in [6.45, 7) is 2.99. The highest BCUT2D eigenvalue weighted by atomic mass is 15.1. The molecule has 14 heavy (non-hydrogen) atoms. The summed E-state index contributed by atoms with van der Waals surface area (Å²) in [6.07, 6.45) is 1.74. The second-order valence-electron chi connectivity index (χ2n) is 3.63. The van der Waals surface area contributed by atoms with Gasteiger partial charge in [-0.05, 0) is 33.2 Å². The number of likely N-dealkylation sites (N-methyl/N-ethyl adjacent to an activating group) is 1. The molecule has 0 saturated heterocycles. The lowest BCUT2D eigenvalue weighted by Crippen LogP contribution is -2.31. The molecule has 1 aromatic heterocycles. The van der Waals surface area contributed by atoms with E-state index in [1.165, 1.54) is 0 Å². The second-order valence-corrected chi connectivity index (χ2v) is 3.63. The van der Waals surface area contributed by atoms with Gasteiger partial charge in [0, 0.05) is 18.8 Å². The average Bonchev–Trinajstić information content (AvgIpc) is 2.16. The van der Waals surface area contributed by atoms with Crippen molar-refractivity contribution in [2.45, 2.75) is 13.0 Å². The molecule has 4 nitrogen and oxygen atoms in total. The fourth-order valence-electron chi connectivity index (χ4n) is 0.992. The lowest BCUT2D eigenvalue weighted by atomic mass is 10.3. The summed E-state index contributed by atoms with van der Waals surface area (Å²) in [6, 6.07) is 4.13. The maximum absolute atomic E-state index is 5.74. The van der Waals surface area contributed by atoms with E-state index in [4.69, 9.17) is 5.73 Å². The summed E-state index contributed by atoms with van der Waals surface area (Å²) >= 11 is 0. The molecule has 0 amide bonds. The number of nitrogens with one attached hydrogen (secondary N) is 1. The largest absolute Gasteiger partial charge is 0.396 e. The van der Waals surface area contributed by atoms with Gasteiger partial charge in [0.05, 0.1) is 5.69 Å². The summed E-state index contributed by atoms with van der Waals surface area (Å²) in [5.74, 6) is 0.765. The van der Waals surface area contributed by atoms with Gasteiger partial charge >= 0.3 is 0 Å². The number of rotatable bonds is 4. The zero-order valence-corrected chi connectivity index (χ0v) is 8.99. The van der Waals surface area contributed by atoms with Crippen LogP contribution in [0.4, 0.5) is 11.5 Å². The molecule has 1 unspecified atom stereocenters. The Labute approximate surface area is 85.1 Å². The maximum Gasteiger partial charge on any atom is 0.149 e. The molecule has 0 aliphatic carbocycles. The Morgan fingerprint density at radius 1 is 1.57 bits per heavy atom. The van der Waals surface area contributed by atoms with Gasteiger partial charge in [0.25, 0.3) is 0 Å². The van der Waals surface area contributed by atoms with Crippen LogP contribution >= 0.6 is 0 Å². The smallest absolute Gasteiger partial charge is 0.149 e. The van der Waals surface area contributed by atoms with Crippen LogP contribution in [0.5, 0.6) is 0 Å². The minimum absolute atomic E-state index is 0.455. The van der Waals surface area contributed by atoms with Crippen molar-refractivity contribution in [2.75, 3.05) is 31.7 Å². The first kappa shape index (κ1) is 10.8. The molecule has 0 saturated carbocycles. The number of nitrogens with zero attached hydrogens (tertiary/aromatic N) is 2.